The van der Waals surface area contributed by atoms with Crippen LogP contribution in [-0.4, -0.2) is 73.4 Å². The molecule has 3 N–H and O–H groups in total. The van der Waals surface area contributed by atoms with Gasteiger partial charge in [-0.15, -0.1) is 0 Å². The SMILES string of the molecule is CCCCCC/C=C/CC/C=C/C(O)C(COP(=O)(O)OCC[N+](C)(C)C)NC(=O)CCCCCCCCCCCCC/C=C\CCCCCCCCCCCCCC. The third-order valence-electron chi connectivity index (χ3n) is 11.1. The number of aliphatic hydroxyl groups excluding tert-OH is 1. The number of rotatable bonds is 45. The van der Waals surface area contributed by atoms with Gasteiger partial charge in [0.15, 0.2) is 0 Å². The normalized spacial score (nSPS) is 14.5. The Balaban J connectivity index is 4.11. The lowest BCUT2D eigenvalue weighted by molar-refractivity contribution is -0.870. The highest BCUT2D eigenvalue weighted by Gasteiger charge is 2.27. The van der Waals surface area contributed by atoms with Crippen molar-refractivity contribution in [2.75, 3.05) is 40.9 Å². The summed E-state index contributed by atoms with van der Waals surface area (Å²) in [7, 11) is 1.55. The molecule has 0 aromatic rings. The summed E-state index contributed by atoms with van der Waals surface area (Å²) in [5, 5.41) is 13.8. The van der Waals surface area contributed by atoms with Crippen LogP contribution in [-0.2, 0) is 18.4 Å². The van der Waals surface area contributed by atoms with Gasteiger partial charge in [0.1, 0.15) is 13.2 Å². The number of phosphoric acid groups is 1. The molecule has 0 saturated heterocycles. The standard InChI is InChI=1S/C50H97N2O6P/c1-6-8-10-12-14-16-18-19-20-21-22-23-24-25-26-27-28-29-30-31-32-33-34-36-38-40-42-44-50(54)51-48(47-58-59(55,56)57-46-45-52(3,4)5)49(53)43-41-39-37-35-17-15-13-11-9-7-2/h17,25-26,35,41,43,48-49,53H,6-16,18-24,27-34,36-40,42,44-47H2,1-5H3,(H-,51,54,55,56)/p+1/b26-25-,35-17+,43-41+. The van der Waals surface area contributed by atoms with E-state index in [1.807, 2.05) is 27.2 Å². The number of likely N-dealkylation sites (N-methyl/N-ethyl adjacent to an activating group) is 1. The summed E-state index contributed by atoms with van der Waals surface area (Å²) in [6.07, 6.45) is 52.5. The zero-order valence-corrected chi connectivity index (χ0v) is 40.4. The third kappa shape index (κ3) is 44.6. The molecular weight excluding hydrogens is 756 g/mol. The first-order valence-electron chi connectivity index (χ1n) is 24.9. The maximum atomic E-state index is 12.9. The van der Waals surface area contributed by atoms with Crippen molar-refractivity contribution >= 4 is 13.7 Å². The number of hydrogen-bond donors (Lipinski definition) is 3. The fourth-order valence-corrected chi connectivity index (χ4v) is 7.85. The fraction of sp³-hybridized carbons (Fsp3) is 0.860. The van der Waals surface area contributed by atoms with Gasteiger partial charge in [-0.1, -0.05) is 198 Å². The zero-order valence-electron chi connectivity index (χ0n) is 39.5. The lowest BCUT2D eigenvalue weighted by Crippen LogP contribution is -2.45. The van der Waals surface area contributed by atoms with Crippen molar-refractivity contribution in [2.45, 2.75) is 238 Å². The number of phosphoric ester groups is 1. The first-order valence-corrected chi connectivity index (χ1v) is 26.4. The number of carbonyl (C=O) groups excluding carboxylic acids is 1. The van der Waals surface area contributed by atoms with E-state index in [9.17, 15) is 19.4 Å². The number of quaternary nitrogens is 1. The summed E-state index contributed by atoms with van der Waals surface area (Å²) < 4.78 is 23.5. The van der Waals surface area contributed by atoms with E-state index in [1.165, 1.54) is 167 Å². The average molecular weight is 854 g/mol. The Morgan fingerprint density at radius 3 is 1.37 bits per heavy atom. The maximum absolute atomic E-state index is 12.9. The summed E-state index contributed by atoms with van der Waals surface area (Å²) in [5.41, 5.74) is 0. The molecule has 0 aliphatic carbocycles. The molecule has 1 amide bonds. The minimum absolute atomic E-state index is 0.0561. The summed E-state index contributed by atoms with van der Waals surface area (Å²) in [5.74, 6) is -0.189. The van der Waals surface area contributed by atoms with Crippen LogP contribution in [0.3, 0.4) is 0 Å². The van der Waals surface area contributed by atoms with Crippen LogP contribution in [0.2, 0.25) is 0 Å². The fourth-order valence-electron chi connectivity index (χ4n) is 7.11. The number of hydrogen-bond acceptors (Lipinski definition) is 5. The van der Waals surface area contributed by atoms with E-state index >= 15 is 0 Å². The van der Waals surface area contributed by atoms with Gasteiger partial charge in [-0.2, -0.15) is 0 Å². The number of carbonyl (C=O) groups is 1. The molecule has 0 heterocycles. The molecule has 348 valence electrons. The lowest BCUT2D eigenvalue weighted by Gasteiger charge is -2.25. The Hall–Kier alpha value is -1.28. The molecule has 0 aromatic carbocycles. The van der Waals surface area contributed by atoms with Gasteiger partial charge in [0.25, 0.3) is 0 Å². The molecule has 0 aromatic heterocycles. The predicted octanol–water partition coefficient (Wildman–Crippen LogP) is 14.3. The minimum Gasteiger partial charge on any atom is -0.387 e. The average Bonchev–Trinajstić information content (AvgIpc) is 3.19. The molecule has 0 saturated carbocycles. The first-order chi connectivity index (χ1) is 28.5. The van der Waals surface area contributed by atoms with Crippen LogP contribution in [0, 0.1) is 0 Å². The largest absolute Gasteiger partial charge is 0.472 e. The highest BCUT2D eigenvalue weighted by molar-refractivity contribution is 7.47. The van der Waals surface area contributed by atoms with Crippen molar-refractivity contribution in [2.24, 2.45) is 0 Å². The molecule has 0 rings (SSSR count). The Bertz CT molecular complexity index is 1060. The summed E-state index contributed by atoms with van der Waals surface area (Å²) in [4.78, 5) is 23.1. The molecule has 8 nitrogen and oxygen atoms in total. The topological polar surface area (TPSA) is 105 Å². The van der Waals surface area contributed by atoms with E-state index in [2.05, 4.69) is 43.5 Å². The highest BCUT2D eigenvalue weighted by Crippen LogP contribution is 2.43. The van der Waals surface area contributed by atoms with Gasteiger partial charge in [0.2, 0.25) is 5.91 Å². The molecule has 3 atom stereocenters. The van der Waals surface area contributed by atoms with Crippen LogP contribution in [0.4, 0.5) is 0 Å². The van der Waals surface area contributed by atoms with E-state index in [0.29, 0.717) is 17.4 Å². The lowest BCUT2D eigenvalue weighted by atomic mass is 10.0. The highest BCUT2D eigenvalue weighted by atomic mass is 31.2. The van der Waals surface area contributed by atoms with Crippen molar-refractivity contribution in [3.8, 4) is 0 Å². The van der Waals surface area contributed by atoms with Crippen LogP contribution < -0.4 is 5.32 Å². The van der Waals surface area contributed by atoms with Gasteiger partial charge in [-0.05, 0) is 57.8 Å². The van der Waals surface area contributed by atoms with Gasteiger partial charge in [-0.25, -0.2) is 4.57 Å². The van der Waals surface area contributed by atoms with Crippen LogP contribution in [0.15, 0.2) is 36.5 Å². The zero-order chi connectivity index (χ0) is 43.6. The number of nitrogens with one attached hydrogen (secondary N) is 1. The second-order valence-electron chi connectivity index (χ2n) is 18.2. The Morgan fingerprint density at radius 1 is 0.559 bits per heavy atom. The number of allylic oxidation sites excluding steroid dienone is 5. The van der Waals surface area contributed by atoms with Crippen molar-refractivity contribution in [3.63, 3.8) is 0 Å². The Morgan fingerprint density at radius 2 is 0.932 bits per heavy atom. The van der Waals surface area contributed by atoms with Crippen LogP contribution in [0.5, 0.6) is 0 Å². The molecular formula is C50H98N2O6P+. The van der Waals surface area contributed by atoms with Gasteiger partial charge in [0, 0.05) is 6.42 Å². The molecule has 3 unspecified atom stereocenters. The number of nitrogens with zero attached hydrogens (tertiary/aromatic N) is 1. The van der Waals surface area contributed by atoms with Crippen molar-refractivity contribution in [3.05, 3.63) is 36.5 Å². The van der Waals surface area contributed by atoms with E-state index in [-0.39, 0.29) is 19.1 Å². The van der Waals surface area contributed by atoms with E-state index in [4.69, 9.17) is 9.05 Å². The summed E-state index contributed by atoms with van der Waals surface area (Å²) in [6.45, 7) is 4.76. The van der Waals surface area contributed by atoms with Crippen molar-refractivity contribution < 1.29 is 32.9 Å². The number of amides is 1. The van der Waals surface area contributed by atoms with Gasteiger partial charge in [-0.3, -0.25) is 13.8 Å². The maximum Gasteiger partial charge on any atom is 0.472 e. The van der Waals surface area contributed by atoms with Gasteiger partial charge < -0.3 is 19.8 Å². The molecule has 0 bridgehead atoms. The first kappa shape index (κ1) is 57.7. The second kappa shape index (κ2) is 42.0. The predicted molar refractivity (Wildman–Crippen MR) is 254 cm³/mol. The Labute approximate surface area is 366 Å². The van der Waals surface area contributed by atoms with Crippen LogP contribution >= 0.6 is 7.82 Å². The molecule has 59 heavy (non-hydrogen) atoms. The second-order valence-corrected chi connectivity index (χ2v) is 19.6. The third-order valence-corrected chi connectivity index (χ3v) is 12.1. The van der Waals surface area contributed by atoms with E-state index in [1.54, 1.807) is 6.08 Å². The molecule has 0 fully saturated rings. The van der Waals surface area contributed by atoms with E-state index in [0.717, 1.165) is 38.5 Å². The van der Waals surface area contributed by atoms with Gasteiger partial charge >= 0.3 is 7.82 Å². The van der Waals surface area contributed by atoms with Crippen LogP contribution in [0.1, 0.15) is 226 Å². The summed E-state index contributed by atoms with van der Waals surface area (Å²) in [6, 6.07) is -0.860. The number of aliphatic hydroxyl groups is 1. The number of unbranched alkanes of at least 4 members (excludes halogenated alkanes) is 28. The monoisotopic (exact) mass is 854 g/mol. The molecule has 0 spiro atoms. The van der Waals surface area contributed by atoms with Gasteiger partial charge in [0.05, 0.1) is 39.9 Å². The molecule has 0 aliphatic rings. The van der Waals surface area contributed by atoms with Crippen molar-refractivity contribution in [1.82, 2.24) is 5.32 Å². The van der Waals surface area contributed by atoms with Crippen molar-refractivity contribution in [1.29, 1.82) is 0 Å². The Kier molecular flexibility index (Phi) is 41.1. The van der Waals surface area contributed by atoms with E-state index < -0.39 is 20.0 Å². The minimum atomic E-state index is -4.34. The molecule has 9 heteroatoms. The van der Waals surface area contributed by atoms with Crippen LogP contribution in [0.25, 0.3) is 0 Å². The summed E-state index contributed by atoms with van der Waals surface area (Å²) >= 11 is 0. The quantitative estimate of drug-likeness (QED) is 0.0244. The molecule has 0 radical (unpaired) electrons. The molecule has 0 aliphatic heterocycles. The smallest absolute Gasteiger partial charge is 0.387 e.